The SMILES string of the molecule is COc1c(F)cc2c(c1OC)CCCC2C1=NCCN1. The van der Waals surface area contributed by atoms with Gasteiger partial charge < -0.3 is 14.8 Å². The van der Waals surface area contributed by atoms with Crippen molar-refractivity contribution in [1.29, 1.82) is 0 Å². The van der Waals surface area contributed by atoms with Crippen molar-refractivity contribution in [2.45, 2.75) is 25.2 Å². The minimum absolute atomic E-state index is 0.149. The number of ether oxygens (including phenoxy) is 2. The fourth-order valence-corrected chi connectivity index (χ4v) is 3.21. The van der Waals surface area contributed by atoms with E-state index in [9.17, 15) is 4.39 Å². The predicted octanol–water partition coefficient (Wildman–Crippen LogP) is 2.26. The molecule has 20 heavy (non-hydrogen) atoms. The normalized spacial score (nSPS) is 20.9. The van der Waals surface area contributed by atoms with E-state index < -0.39 is 0 Å². The molecule has 0 spiro atoms. The number of fused-ring (bicyclic) bond motifs is 1. The quantitative estimate of drug-likeness (QED) is 0.922. The molecule has 0 aromatic heterocycles. The highest BCUT2D eigenvalue weighted by molar-refractivity contribution is 5.91. The third-order valence-corrected chi connectivity index (χ3v) is 4.06. The maximum Gasteiger partial charge on any atom is 0.197 e. The van der Waals surface area contributed by atoms with Crippen molar-refractivity contribution in [2.24, 2.45) is 4.99 Å². The molecular formula is C15H19FN2O2. The number of aliphatic imine (C=N–C) groups is 1. The smallest absolute Gasteiger partial charge is 0.197 e. The zero-order valence-electron chi connectivity index (χ0n) is 11.8. The van der Waals surface area contributed by atoms with E-state index in [0.717, 1.165) is 49.3 Å². The van der Waals surface area contributed by atoms with Gasteiger partial charge in [0.15, 0.2) is 17.3 Å². The summed E-state index contributed by atoms with van der Waals surface area (Å²) in [5.41, 5.74) is 2.04. The van der Waals surface area contributed by atoms with Crippen LogP contribution in [-0.2, 0) is 6.42 Å². The molecule has 4 nitrogen and oxygen atoms in total. The molecule has 3 rings (SSSR count). The van der Waals surface area contributed by atoms with E-state index in [-0.39, 0.29) is 17.5 Å². The van der Waals surface area contributed by atoms with Gasteiger partial charge in [0.2, 0.25) is 0 Å². The fraction of sp³-hybridized carbons (Fsp3) is 0.533. The van der Waals surface area contributed by atoms with Crippen LogP contribution in [0.25, 0.3) is 0 Å². The van der Waals surface area contributed by atoms with Crippen molar-refractivity contribution < 1.29 is 13.9 Å². The highest BCUT2D eigenvalue weighted by atomic mass is 19.1. The second-order valence-corrected chi connectivity index (χ2v) is 5.13. The summed E-state index contributed by atoms with van der Waals surface area (Å²) in [6, 6.07) is 1.59. The lowest BCUT2D eigenvalue weighted by Gasteiger charge is -2.28. The molecule has 0 saturated heterocycles. The van der Waals surface area contributed by atoms with Gasteiger partial charge in [0, 0.05) is 18.0 Å². The van der Waals surface area contributed by atoms with Crippen LogP contribution in [0.15, 0.2) is 11.1 Å². The second kappa shape index (κ2) is 5.31. The number of hydrogen-bond donors (Lipinski definition) is 1. The van der Waals surface area contributed by atoms with Crippen LogP contribution in [0, 0.1) is 5.82 Å². The topological polar surface area (TPSA) is 42.9 Å². The maximum atomic E-state index is 14.2. The first kappa shape index (κ1) is 13.2. The first-order chi connectivity index (χ1) is 9.76. The summed E-state index contributed by atoms with van der Waals surface area (Å²) in [5, 5.41) is 3.31. The fourth-order valence-electron chi connectivity index (χ4n) is 3.21. The molecule has 1 aromatic carbocycles. The molecule has 1 aliphatic carbocycles. The Labute approximate surface area is 118 Å². The van der Waals surface area contributed by atoms with Crippen molar-refractivity contribution in [3.05, 3.63) is 23.0 Å². The number of nitrogens with zero attached hydrogens (tertiary/aromatic N) is 1. The molecule has 0 saturated carbocycles. The highest BCUT2D eigenvalue weighted by Crippen LogP contribution is 2.43. The van der Waals surface area contributed by atoms with Gasteiger partial charge in [0.25, 0.3) is 0 Å². The Morgan fingerprint density at radius 2 is 2.10 bits per heavy atom. The molecule has 0 fully saturated rings. The Hall–Kier alpha value is -1.78. The summed E-state index contributed by atoms with van der Waals surface area (Å²) in [6.45, 7) is 1.67. The van der Waals surface area contributed by atoms with Crippen LogP contribution in [0.4, 0.5) is 4.39 Å². The summed E-state index contributed by atoms with van der Waals surface area (Å²) >= 11 is 0. The Bertz CT molecular complexity index is 557. The van der Waals surface area contributed by atoms with E-state index in [1.165, 1.54) is 7.11 Å². The van der Waals surface area contributed by atoms with E-state index in [1.54, 1.807) is 13.2 Å². The molecular weight excluding hydrogens is 259 g/mol. The molecule has 0 radical (unpaired) electrons. The molecule has 1 atom stereocenters. The Morgan fingerprint density at radius 3 is 2.75 bits per heavy atom. The predicted molar refractivity (Wildman–Crippen MR) is 75.5 cm³/mol. The zero-order chi connectivity index (χ0) is 14.1. The first-order valence-corrected chi connectivity index (χ1v) is 6.97. The first-order valence-electron chi connectivity index (χ1n) is 6.97. The Kier molecular flexibility index (Phi) is 3.51. The van der Waals surface area contributed by atoms with Crippen LogP contribution in [-0.4, -0.2) is 33.1 Å². The van der Waals surface area contributed by atoms with Crippen molar-refractivity contribution in [3.63, 3.8) is 0 Å². The standard InChI is InChI=1S/C15H19FN2O2/c1-19-13-9-4-3-5-10(15-17-6-7-18-15)11(9)8-12(16)14(13)20-2/h8,10H,3-7H2,1-2H3,(H,17,18). The monoisotopic (exact) mass is 278 g/mol. The van der Waals surface area contributed by atoms with E-state index in [4.69, 9.17) is 9.47 Å². The van der Waals surface area contributed by atoms with Gasteiger partial charge in [-0.1, -0.05) is 0 Å². The van der Waals surface area contributed by atoms with Crippen molar-refractivity contribution >= 4 is 5.84 Å². The van der Waals surface area contributed by atoms with Crippen molar-refractivity contribution in [2.75, 3.05) is 27.3 Å². The lowest BCUT2D eigenvalue weighted by molar-refractivity contribution is 0.332. The molecule has 1 unspecified atom stereocenters. The summed E-state index contributed by atoms with van der Waals surface area (Å²) in [5.74, 6) is 1.50. The van der Waals surface area contributed by atoms with E-state index in [0.29, 0.717) is 5.75 Å². The average Bonchev–Trinajstić information content (AvgIpc) is 2.99. The number of halogens is 1. The van der Waals surface area contributed by atoms with Crippen molar-refractivity contribution in [1.82, 2.24) is 5.32 Å². The van der Waals surface area contributed by atoms with Gasteiger partial charge >= 0.3 is 0 Å². The molecule has 0 bridgehead atoms. The van der Waals surface area contributed by atoms with Gasteiger partial charge in [-0.25, -0.2) is 4.39 Å². The molecule has 1 aromatic rings. The van der Waals surface area contributed by atoms with Crippen LogP contribution in [0.5, 0.6) is 11.5 Å². The number of methoxy groups -OCH3 is 2. The van der Waals surface area contributed by atoms with E-state index in [2.05, 4.69) is 10.3 Å². The van der Waals surface area contributed by atoms with E-state index >= 15 is 0 Å². The Balaban J connectivity index is 2.12. The summed E-state index contributed by atoms with van der Waals surface area (Å²) < 4.78 is 24.8. The number of rotatable bonds is 3. The number of amidine groups is 1. The summed E-state index contributed by atoms with van der Waals surface area (Å²) in [4.78, 5) is 4.50. The Morgan fingerprint density at radius 1 is 1.30 bits per heavy atom. The minimum atomic E-state index is -0.367. The number of hydrogen-bond acceptors (Lipinski definition) is 4. The molecule has 1 N–H and O–H groups in total. The van der Waals surface area contributed by atoms with Crippen LogP contribution in [0.3, 0.4) is 0 Å². The van der Waals surface area contributed by atoms with Gasteiger partial charge in [-0.15, -0.1) is 0 Å². The lowest BCUT2D eigenvalue weighted by atomic mass is 9.81. The summed E-state index contributed by atoms with van der Waals surface area (Å²) in [7, 11) is 3.03. The molecule has 2 aliphatic rings. The molecule has 108 valence electrons. The molecule has 5 heteroatoms. The molecule has 1 aliphatic heterocycles. The third-order valence-electron chi connectivity index (χ3n) is 4.06. The van der Waals surface area contributed by atoms with Gasteiger partial charge in [-0.2, -0.15) is 0 Å². The van der Waals surface area contributed by atoms with E-state index in [1.807, 2.05) is 0 Å². The second-order valence-electron chi connectivity index (χ2n) is 5.13. The minimum Gasteiger partial charge on any atom is -0.492 e. The molecule has 1 heterocycles. The molecule has 0 amide bonds. The van der Waals surface area contributed by atoms with Crippen LogP contribution < -0.4 is 14.8 Å². The van der Waals surface area contributed by atoms with Crippen molar-refractivity contribution in [3.8, 4) is 11.5 Å². The van der Waals surface area contributed by atoms with Crippen LogP contribution in [0.2, 0.25) is 0 Å². The third kappa shape index (κ3) is 2.01. The largest absolute Gasteiger partial charge is 0.492 e. The van der Waals surface area contributed by atoms with Crippen LogP contribution in [0.1, 0.15) is 29.9 Å². The summed E-state index contributed by atoms with van der Waals surface area (Å²) in [6.07, 6.45) is 2.93. The van der Waals surface area contributed by atoms with Gasteiger partial charge in [0.05, 0.1) is 20.8 Å². The van der Waals surface area contributed by atoms with Gasteiger partial charge in [-0.3, -0.25) is 4.99 Å². The number of benzene rings is 1. The van der Waals surface area contributed by atoms with Gasteiger partial charge in [0.1, 0.15) is 5.84 Å². The maximum absolute atomic E-state index is 14.2. The average molecular weight is 278 g/mol. The van der Waals surface area contributed by atoms with Crippen LogP contribution >= 0.6 is 0 Å². The lowest BCUT2D eigenvalue weighted by Crippen LogP contribution is -2.28. The zero-order valence-corrected chi connectivity index (χ0v) is 11.8. The van der Waals surface area contributed by atoms with Gasteiger partial charge in [-0.05, 0) is 30.9 Å². The highest BCUT2D eigenvalue weighted by Gasteiger charge is 2.31. The number of nitrogens with one attached hydrogen (secondary N) is 1.